The van der Waals surface area contributed by atoms with Crippen LogP contribution in [0.2, 0.25) is 5.02 Å². The van der Waals surface area contributed by atoms with Crippen LogP contribution in [0, 0.1) is 0 Å². The van der Waals surface area contributed by atoms with Gasteiger partial charge in [0, 0.05) is 35.8 Å². The predicted molar refractivity (Wildman–Crippen MR) is 101 cm³/mol. The van der Waals surface area contributed by atoms with Crippen LogP contribution >= 0.6 is 22.9 Å². The summed E-state index contributed by atoms with van der Waals surface area (Å²) < 4.78 is 0. The van der Waals surface area contributed by atoms with Gasteiger partial charge in [0.15, 0.2) is 5.82 Å². The Morgan fingerprint density at radius 1 is 1.32 bits per heavy atom. The largest absolute Gasteiger partial charge is 0.353 e. The first-order valence-corrected chi connectivity index (χ1v) is 9.35. The van der Waals surface area contributed by atoms with E-state index in [2.05, 4.69) is 32.5 Å². The second-order valence-electron chi connectivity index (χ2n) is 6.03. The van der Waals surface area contributed by atoms with Crippen LogP contribution in [0.5, 0.6) is 0 Å². The molecule has 3 heterocycles. The SMILES string of the molecule is O=C(N[C@@H]1CCN(c2cc(-c3cccs3)[nH]n2)C1)c1cccc(Cl)c1. The minimum absolute atomic E-state index is 0.0874. The molecule has 2 aromatic heterocycles. The van der Waals surface area contributed by atoms with E-state index >= 15 is 0 Å². The van der Waals surface area contributed by atoms with Gasteiger partial charge in [-0.1, -0.05) is 23.7 Å². The van der Waals surface area contributed by atoms with Crippen LogP contribution in [0.4, 0.5) is 5.82 Å². The molecule has 4 rings (SSSR count). The summed E-state index contributed by atoms with van der Waals surface area (Å²) >= 11 is 7.64. The third kappa shape index (κ3) is 3.55. The van der Waals surface area contributed by atoms with Crippen molar-refractivity contribution >= 4 is 34.7 Å². The number of halogens is 1. The Bertz CT molecular complexity index is 877. The molecule has 1 fully saturated rings. The van der Waals surface area contributed by atoms with Gasteiger partial charge in [0.25, 0.3) is 5.91 Å². The smallest absolute Gasteiger partial charge is 0.251 e. The molecule has 1 aromatic carbocycles. The average Bonchev–Trinajstić information content (AvgIpc) is 3.35. The molecule has 0 radical (unpaired) electrons. The first kappa shape index (κ1) is 16.2. The number of rotatable bonds is 4. The van der Waals surface area contributed by atoms with Crippen molar-refractivity contribution in [3.8, 4) is 10.6 Å². The summed E-state index contributed by atoms with van der Waals surface area (Å²) in [5.41, 5.74) is 1.61. The summed E-state index contributed by atoms with van der Waals surface area (Å²) in [6.45, 7) is 1.62. The molecular formula is C18H17ClN4OS. The van der Waals surface area contributed by atoms with Crippen LogP contribution in [-0.2, 0) is 0 Å². The molecule has 128 valence electrons. The van der Waals surface area contributed by atoms with E-state index in [0.29, 0.717) is 10.6 Å². The highest BCUT2D eigenvalue weighted by Crippen LogP contribution is 2.27. The van der Waals surface area contributed by atoms with Gasteiger partial charge >= 0.3 is 0 Å². The van der Waals surface area contributed by atoms with Crippen molar-refractivity contribution in [2.75, 3.05) is 18.0 Å². The standard InChI is InChI=1S/C18H17ClN4OS/c19-13-4-1-3-12(9-13)18(24)20-14-6-7-23(11-14)17-10-15(21-22-17)16-5-2-8-25-16/h1-5,8-10,14H,6-7,11H2,(H,20,24)(H,21,22)/t14-/m1/s1. The van der Waals surface area contributed by atoms with E-state index in [1.54, 1.807) is 35.6 Å². The second-order valence-corrected chi connectivity index (χ2v) is 7.42. The maximum Gasteiger partial charge on any atom is 0.251 e. The number of thiophene rings is 1. The van der Waals surface area contributed by atoms with Gasteiger partial charge in [-0.2, -0.15) is 5.10 Å². The number of aromatic nitrogens is 2. The number of carbonyl (C=O) groups excluding carboxylic acids is 1. The maximum absolute atomic E-state index is 12.3. The molecule has 1 amide bonds. The monoisotopic (exact) mass is 372 g/mol. The van der Waals surface area contributed by atoms with Gasteiger partial charge in [-0.05, 0) is 36.1 Å². The number of hydrogen-bond donors (Lipinski definition) is 2. The summed E-state index contributed by atoms with van der Waals surface area (Å²) in [7, 11) is 0. The van der Waals surface area contributed by atoms with E-state index in [4.69, 9.17) is 11.6 Å². The van der Waals surface area contributed by atoms with Crippen LogP contribution in [0.15, 0.2) is 47.8 Å². The van der Waals surface area contributed by atoms with Gasteiger partial charge in [-0.25, -0.2) is 0 Å². The number of carbonyl (C=O) groups is 1. The lowest BCUT2D eigenvalue weighted by atomic mass is 10.2. The van der Waals surface area contributed by atoms with Crippen molar-refractivity contribution in [3.05, 3.63) is 58.4 Å². The molecule has 0 spiro atoms. The zero-order valence-electron chi connectivity index (χ0n) is 13.4. The Morgan fingerprint density at radius 3 is 3.04 bits per heavy atom. The third-order valence-electron chi connectivity index (χ3n) is 4.29. The van der Waals surface area contributed by atoms with Crippen LogP contribution in [0.25, 0.3) is 10.6 Å². The number of amides is 1. The van der Waals surface area contributed by atoms with Gasteiger partial charge in [0.05, 0.1) is 10.6 Å². The Balaban J connectivity index is 1.39. The van der Waals surface area contributed by atoms with Crippen LogP contribution in [0.3, 0.4) is 0 Å². The predicted octanol–water partition coefficient (Wildman–Crippen LogP) is 3.80. The summed E-state index contributed by atoms with van der Waals surface area (Å²) in [5.74, 6) is 0.832. The number of nitrogens with zero attached hydrogens (tertiary/aromatic N) is 2. The highest BCUT2D eigenvalue weighted by Gasteiger charge is 2.26. The second kappa shape index (κ2) is 6.90. The maximum atomic E-state index is 12.3. The van der Waals surface area contributed by atoms with Crippen molar-refractivity contribution < 1.29 is 4.79 Å². The van der Waals surface area contributed by atoms with Crippen LogP contribution in [0.1, 0.15) is 16.8 Å². The number of benzene rings is 1. The van der Waals surface area contributed by atoms with E-state index in [1.807, 2.05) is 11.4 Å². The van der Waals surface area contributed by atoms with E-state index in [0.717, 1.165) is 31.0 Å². The number of H-pyrrole nitrogens is 1. The molecule has 3 aromatic rings. The van der Waals surface area contributed by atoms with Gasteiger partial charge in [0.2, 0.25) is 0 Å². The van der Waals surface area contributed by atoms with Gasteiger partial charge in [-0.3, -0.25) is 9.89 Å². The molecule has 7 heteroatoms. The normalized spacial score (nSPS) is 17.0. The lowest BCUT2D eigenvalue weighted by Gasteiger charge is -2.16. The zero-order chi connectivity index (χ0) is 17.2. The molecule has 1 aliphatic rings. The third-order valence-corrected chi connectivity index (χ3v) is 5.42. The summed E-state index contributed by atoms with van der Waals surface area (Å²) in [6, 6.07) is 13.3. The van der Waals surface area contributed by atoms with E-state index in [1.165, 1.54) is 4.88 Å². The lowest BCUT2D eigenvalue weighted by molar-refractivity contribution is 0.0940. The Labute approximate surface area is 154 Å². The fourth-order valence-electron chi connectivity index (χ4n) is 3.02. The average molecular weight is 373 g/mol. The van der Waals surface area contributed by atoms with Crippen molar-refractivity contribution in [1.29, 1.82) is 0 Å². The summed E-state index contributed by atoms with van der Waals surface area (Å²) in [6.07, 6.45) is 0.896. The van der Waals surface area contributed by atoms with Gasteiger partial charge in [0.1, 0.15) is 0 Å². The van der Waals surface area contributed by atoms with Gasteiger partial charge in [-0.15, -0.1) is 11.3 Å². The summed E-state index contributed by atoms with van der Waals surface area (Å²) in [4.78, 5) is 15.7. The highest BCUT2D eigenvalue weighted by atomic mass is 35.5. The molecule has 25 heavy (non-hydrogen) atoms. The molecule has 0 aliphatic carbocycles. The van der Waals surface area contributed by atoms with Crippen molar-refractivity contribution in [2.45, 2.75) is 12.5 Å². The zero-order valence-corrected chi connectivity index (χ0v) is 15.0. The Kier molecular flexibility index (Phi) is 4.46. The van der Waals surface area contributed by atoms with Crippen LogP contribution in [-0.4, -0.2) is 35.2 Å². The topological polar surface area (TPSA) is 61.0 Å². The fraction of sp³-hybridized carbons (Fsp3) is 0.222. The number of hydrogen-bond acceptors (Lipinski definition) is 4. The van der Waals surface area contributed by atoms with Gasteiger partial charge < -0.3 is 10.2 Å². The number of nitrogens with one attached hydrogen (secondary N) is 2. The van der Waals surface area contributed by atoms with E-state index in [9.17, 15) is 4.79 Å². The molecule has 5 nitrogen and oxygen atoms in total. The molecule has 0 saturated carbocycles. The minimum atomic E-state index is -0.0874. The van der Waals surface area contributed by atoms with Crippen molar-refractivity contribution in [3.63, 3.8) is 0 Å². The molecule has 1 atom stereocenters. The number of anilines is 1. The first-order chi connectivity index (χ1) is 12.2. The quantitative estimate of drug-likeness (QED) is 0.732. The minimum Gasteiger partial charge on any atom is -0.353 e. The molecule has 0 bridgehead atoms. The Hall–Kier alpha value is -2.31. The molecule has 1 saturated heterocycles. The van der Waals surface area contributed by atoms with E-state index < -0.39 is 0 Å². The van der Waals surface area contributed by atoms with Crippen LogP contribution < -0.4 is 10.2 Å². The fourth-order valence-corrected chi connectivity index (χ4v) is 3.90. The number of aromatic amines is 1. The lowest BCUT2D eigenvalue weighted by Crippen LogP contribution is -2.37. The molecule has 1 aliphatic heterocycles. The van der Waals surface area contributed by atoms with Crippen molar-refractivity contribution in [2.24, 2.45) is 0 Å². The molecule has 2 N–H and O–H groups in total. The van der Waals surface area contributed by atoms with Crippen molar-refractivity contribution in [1.82, 2.24) is 15.5 Å². The molecule has 0 unspecified atom stereocenters. The highest BCUT2D eigenvalue weighted by molar-refractivity contribution is 7.13. The summed E-state index contributed by atoms with van der Waals surface area (Å²) in [5, 5.41) is 13.2. The first-order valence-electron chi connectivity index (χ1n) is 8.10. The Morgan fingerprint density at radius 2 is 2.24 bits per heavy atom. The molecular weight excluding hydrogens is 356 g/mol. The van der Waals surface area contributed by atoms with E-state index in [-0.39, 0.29) is 11.9 Å².